The predicted octanol–water partition coefficient (Wildman–Crippen LogP) is 4.83. The van der Waals surface area contributed by atoms with E-state index >= 15 is 0 Å². The molecule has 4 heterocycles. The molecular weight excluding hydrogens is 458 g/mol. The Hall–Kier alpha value is -4.37. The fraction of sp³-hybridized carbons (Fsp3) is 0.115. The van der Waals surface area contributed by atoms with Crippen LogP contribution in [-0.4, -0.2) is 25.8 Å². The summed E-state index contributed by atoms with van der Waals surface area (Å²) < 4.78 is 0. The van der Waals surface area contributed by atoms with Crippen molar-refractivity contribution in [3.05, 3.63) is 95.5 Å². The number of fused-ring (bicyclic) bond motifs is 1. The fourth-order valence-electron chi connectivity index (χ4n) is 3.75. The van der Waals surface area contributed by atoms with Gasteiger partial charge in [-0.2, -0.15) is 0 Å². The molecule has 8 nitrogen and oxygen atoms in total. The first-order chi connectivity index (χ1) is 17.1. The highest BCUT2D eigenvalue weighted by molar-refractivity contribution is 7.15. The zero-order valence-electron chi connectivity index (χ0n) is 19.0. The number of carbonyl (C=O) groups is 1. The zero-order chi connectivity index (χ0) is 24.2. The van der Waals surface area contributed by atoms with Gasteiger partial charge in [0.05, 0.1) is 23.7 Å². The van der Waals surface area contributed by atoms with Crippen LogP contribution in [0.15, 0.2) is 79.5 Å². The molecule has 0 aliphatic rings. The SMILES string of the molecule is CC(NC(=O)c1cccnc1NCc1ccc(-c2ccc3ncnc(N)c3c2)s1)c1cccnc1. The maximum atomic E-state index is 13.0. The zero-order valence-corrected chi connectivity index (χ0v) is 19.8. The molecule has 4 N–H and O–H groups in total. The Morgan fingerprint density at radius 1 is 1.06 bits per heavy atom. The molecule has 5 aromatic rings. The highest BCUT2D eigenvalue weighted by atomic mass is 32.1. The molecule has 0 saturated heterocycles. The van der Waals surface area contributed by atoms with E-state index in [-0.39, 0.29) is 11.9 Å². The number of benzene rings is 1. The molecular formula is C26H23N7OS. The number of rotatable bonds is 7. The number of anilines is 2. The molecule has 35 heavy (non-hydrogen) atoms. The summed E-state index contributed by atoms with van der Waals surface area (Å²) in [6, 6.07) is 17.3. The van der Waals surface area contributed by atoms with E-state index in [1.807, 2.05) is 37.3 Å². The summed E-state index contributed by atoms with van der Waals surface area (Å²) in [5, 5.41) is 7.17. The molecule has 1 amide bonds. The van der Waals surface area contributed by atoms with Gasteiger partial charge >= 0.3 is 0 Å². The van der Waals surface area contributed by atoms with Crippen LogP contribution in [0.4, 0.5) is 11.6 Å². The lowest BCUT2D eigenvalue weighted by molar-refractivity contribution is 0.0940. The Kier molecular flexibility index (Phi) is 6.32. The lowest BCUT2D eigenvalue weighted by Gasteiger charge is -2.15. The quantitative estimate of drug-likeness (QED) is 0.304. The molecule has 0 radical (unpaired) electrons. The van der Waals surface area contributed by atoms with E-state index in [2.05, 4.69) is 42.7 Å². The molecule has 0 bridgehead atoms. The Labute approximate surface area is 206 Å². The number of thiophene rings is 1. The summed E-state index contributed by atoms with van der Waals surface area (Å²) in [7, 11) is 0. The van der Waals surface area contributed by atoms with E-state index in [0.29, 0.717) is 23.7 Å². The van der Waals surface area contributed by atoms with Gasteiger partial charge in [0.15, 0.2) is 0 Å². The molecule has 1 aromatic carbocycles. The number of nitrogens with zero attached hydrogens (tertiary/aromatic N) is 4. The van der Waals surface area contributed by atoms with Gasteiger partial charge in [-0.3, -0.25) is 9.78 Å². The Morgan fingerprint density at radius 2 is 1.94 bits per heavy atom. The smallest absolute Gasteiger partial charge is 0.255 e. The Bertz CT molecular complexity index is 1490. The van der Waals surface area contributed by atoms with Crippen molar-refractivity contribution in [3.63, 3.8) is 0 Å². The van der Waals surface area contributed by atoms with Crippen molar-refractivity contribution in [1.29, 1.82) is 0 Å². The lowest BCUT2D eigenvalue weighted by atomic mass is 10.1. The van der Waals surface area contributed by atoms with Gasteiger partial charge in [-0.1, -0.05) is 12.1 Å². The summed E-state index contributed by atoms with van der Waals surface area (Å²) in [5.41, 5.74) is 9.32. The highest BCUT2D eigenvalue weighted by Crippen LogP contribution is 2.31. The minimum atomic E-state index is -0.195. The van der Waals surface area contributed by atoms with E-state index in [1.54, 1.807) is 42.1 Å². The third-order valence-electron chi connectivity index (χ3n) is 5.63. The molecule has 0 saturated carbocycles. The second-order valence-electron chi connectivity index (χ2n) is 7.99. The molecule has 0 aliphatic heterocycles. The summed E-state index contributed by atoms with van der Waals surface area (Å²) in [4.78, 5) is 32.0. The minimum Gasteiger partial charge on any atom is -0.383 e. The van der Waals surface area contributed by atoms with Gasteiger partial charge in [0.1, 0.15) is 18.0 Å². The van der Waals surface area contributed by atoms with Crippen LogP contribution in [0.25, 0.3) is 21.3 Å². The molecule has 1 unspecified atom stereocenters. The van der Waals surface area contributed by atoms with E-state index in [0.717, 1.165) is 31.8 Å². The molecule has 4 aromatic heterocycles. The van der Waals surface area contributed by atoms with E-state index in [9.17, 15) is 4.79 Å². The lowest BCUT2D eigenvalue weighted by Crippen LogP contribution is -2.27. The summed E-state index contributed by atoms with van der Waals surface area (Å²) in [6.07, 6.45) is 6.60. The number of nitrogens with one attached hydrogen (secondary N) is 2. The third kappa shape index (κ3) is 4.95. The highest BCUT2D eigenvalue weighted by Gasteiger charge is 2.16. The predicted molar refractivity (Wildman–Crippen MR) is 139 cm³/mol. The molecule has 174 valence electrons. The summed E-state index contributed by atoms with van der Waals surface area (Å²) >= 11 is 1.66. The first kappa shape index (κ1) is 22.4. The largest absolute Gasteiger partial charge is 0.383 e. The van der Waals surface area contributed by atoms with Crippen molar-refractivity contribution in [2.45, 2.75) is 19.5 Å². The molecule has 1 atom stereocenters. The number of nitrogens with two attached hydrogens (primary N) is 1. The standard InChI is InChI=1S/C26H23N7OS/c1-16(18-4-2-10-28-13-18)33-26(34)20-5-3-11-29-25(20)30-14-19-7-9-23(35-19)17-6-8-22-21(12-17)24(27)32-15-31-22/h2-13,15-16H,14H2,1H3,(H,29,30)(H,33,34)(H2,27,31,32). The first-order valence-electron chi connectivity index (χ1n) is 11.1. The second kappa shape index (κ2) is 9.86. The molecule has 5 rings (SSSR count). The van der Waals surface area contributed by atoms with Crippen LogP contribution in [0, 0.1) is 0 Å². The number of amides is 1. The normalized spacial score (nSPS) is 11.8. The Balaban J connectivity index is 1.29. The van der Waals surface area contributed by atoms with Gasteiger partial charge in [0, 0.05) is 33.7 Å². The topological polar surface area (TPSA) is 119 Å². The molecule has 9 heteroatoms. The summed E-state index contributed by atoms with van der Waals surface area (Å²) in [6.45, 7) is 2.47. The average molecular weight is 482 g/mol. The second-order valence-corrected chi connectivity index (χ2v) is 9.16. The van der Waals surface area contributed by atoms with Gasteiger partial charge in [0.25, 0.3) is 5.91 Å². The van der Waals surface area contributed by atoms with Gasteiger partial charge in [-0.05, 0) is 60.5 Å². The number of hydrogen-bond acceptors (Lipinski definition) is 8. The van der Waals surface area contributed by atoms with Gasteiger partial charge in [-0.25, -0.2) is 15.0 Å². The minimum absolute atomic E-state index is 0.175. The molecule has 0 fully saturated rings. The van der Waals surface area contributed by atoms with Crippen LogP contribution >= 0.6 is 11.3 Å². The van der Waals surface area contributed by atoms with Gasteiger partial charge in [-0.15, -0.1) is 11.3 Å². The van der Waals surface area contributed by atoms with Crippen molar-refractivity contribution in [2.75, 3.05) is 11.1 Å². The number of pyridine rings is 2. The maximum Gasteiger partial charge on any atom is 0.255 e. The van der Waals surface area contributed by atoms with E-state index < -0.39 is 0 Å². The average Bonchev–Trinajstić information content (AvgIpc) is 3.37. The van der Waals surface area contributed by atoms with Crippen LogP contribution in [-0.2, 0) is 6.54 Å². The van der Waals surface area contributed by atoms with Crippen LogP contribution in [0.1, 0.15) is 33.8 Å². The number of carbonyl (C=O) groups excluding carboxylic acids is 1. The van der Waals surface area contributed by atoms with Gasteiger partial charge in [0.2, 0.25) is 0 Å². The van der Waals surface area contributed by atoms with Crippen LogP contribution in [0.2, 0.25) is 0 Å². The number of aromatic nitrogens is 4. The fourth-order valence-corrected chi connectivity index (χ4v) is 4.69. The maximum absolute atomic E-state index is 13.0. The van der Waals surface area contributed by atoms with Crippen LogP contribution in [0.3, 0.4) is 0 Å². The monoisotopic (exact) mass is 481 g/mol. The summed E-state index contributed by atoms with van der Waals surface area (Å²) in [5.74, 6) is 0.808. The molecule has 0 spiro atoms. The van der Waals surface area contributed by atoms with E-state index in [1.165, 1.54) is 6.33 Å². The van der Waals surface area contributed by atoms with Crippen molar-refractivity contribution in [3.8, 4) is 10.4 Å². The van der Waals surface area contributed by atoms with E-state index in [4.69, 9.17) is 5.73 Å². The number of hydrogen-bond donors (Lipinski definition) is 3. The Morgan fingerprint density at radius 3 is 2.80 bits per heavy atom. The van der Waals surface area contributed by atoms with Crippen LogP contribution < -0.4 is 16.4 Å². The van der Waals surface area contributed by atoms with Crippen molar-refractivity contribution in [2.24, 2.45) is 0 Å². The van der Waals surface area contributed by atoms with Crippen LogP contribution in [0.5, 0.6) is 0 Å². The first-order valence-corrected chi connectivity index (χ1v) is 11.9. The van der Waals surface area contributed by atoms with Gasteiger partial charge < -0.3 is 16.4 Å². The van der Waals surface area contributed by atoms with Crippen molar-refractivity contribution < 1.29 is 4.79 Å². The van der Waals surface area contributed by atoms with Crippen molar-refractivity contribution in [1.82, 2.24) is 25.3 Å². The van der Waals surface area contributed by atoms with Crippen molar-refractivity contribution >= 4 is 39.8 Å². The number of nitrogen functional groups attached to an aromatic ring is 1. The third-order valence-corrected chi connectivity index (χ3v) is 6.76. The molecule has 0 aliphatic carbocycles.